The molecular formula is C18H30O3. The van der Waals surface area contributed by atoms with Gasteiger partial charge in [-0.3, -0.25) is 0 Å². The third-order valence-corrected chi connectivity index (χ3v) is 3.32. The van der Waals surface area contributed by atoms with Crippen LogP contribution in [0.25, 0.3) is 0 Å². The fourth-order valence-corrected chi connectivity index (χ4v) is 2.13. The lowest BCUT2D eigenvalue weighted by Gasteiger charge is -2.09. The van der Waals surface area contributed by atoms with Crippen LogP contribution < -0.4 is 4.74 Å². The van der Waals surface area contributed by atoms with Crippen LogP contribution in [0.5, 0.6) is 5.75 Å². The molecule has 21 heavy (non-hydrogen) atoms. The molecule has 0 aromatic heterocycles. The molecule has 0 saturated heterocycles. The first-order valence-corrected chi connectivity index (χ1v) is 7.68. The molecule has 0 spiro atoms. The van der Waals surface area contributed by atoms with Crippen molar-refractivity contribution in [3.8, 4) is 5.75 Å². The smallest absolute Gasteiger partial charge is 0.341 e. The van der Waals surface area contributed by atoms with Crippen molar-refractivity contribution in [3.63, 3.8) is 0 Å². The van der Waals surface area contributed by atoms with Crippen molar-refractivity contribution >= 4 is 5.97 Å². The van der Waals surface area contributed by atoms with Crippen LogP contribution in [-0.4, -0.2) is 17.7 Å². The van der Waals surface area contributed by atoms with Gasteiger partial charge in [0.1, 0.15) is 5.75 Å². The third-order valence-electron chi connectivity index (χ3n) is 3.32. The summed E-state index contributed by atoms with van der Waals surface area (Å²) in [5, 5.41) is 8.43. The van der Waals surface area contributed by atoms with Gasteiger partial charge in [0, 0.05) is 0 Å². The molecule has 1 rings (SSSR count). The Morgan fingerprint density at radius 2 is 1.71 bits per heavy atom. The zero-order chi connectivity index (χ0) is 16.4. The van der Waals surface area contributed by atoms with Crippen molar-refractivity contribution in [2.24, 2.45) is 11.8 Å². The number of rotatable bonds is 6. The summed E-state index contributed by atoms with van der Waals surface area (Å²) < 4.78 is 5.13. The summed E-state index contributed by atoms with van der Waals surface area (Å²) in [6, 6.07) is 5.70. The van der Waals surface area contributed by atoms with Crippen molar-refractivity contribution in [2.75, 3.05) is 6.61 Å². The molecule has 0 aliphatic carbocycles. The van der Waals surface area contributed by atoms with Gasteiger partial charge < -0.3 is 9.84 Å². The number of aryl methyl sites for hydroxylation is 2. The van der Waals surface area contributed by atoms with E-state index in [2.05, 4.69) is 27.7 Å². The van der Waals surface area contributed by atoms with Crippen molar-refractivity contribution in [1.82, 2.24) is 0 Å². The van der Waals surface area contributed by atoms with Crippen LogP contribution >= 0.6 is 0 Å². The van der Waals surface area contributed by atoms with Gasteiger partial charge in [0.25, 0.3) is 0 Å². The average molecular weight is 294 g/mol. The topological polar surface area (TPSA) is 46.5 Å². The second kappa shape index (κ2) is 10.3. The quantitative estimate of drug-likeness (QED) is 0.816. The normalized spacial score (nSPS) is 11.6. The Kier molecular flexibility index (Phi) is 9.51. The number of benzene rings is 1. The van der Waals surface area contributed by atoms with Crippen LogP contribution in [-0.2, 0) is 4.79 Å². The largest absolute Gasteiger partial charge is 0.481 e. The highest BCUT2D eigenvalue weighted by molar-refractivity contribution is 5.68. The Hall–Kier alpha value is -1.51. The van der Waals surface area contributed by atoms with Crippen LogP contribution in [0.1, 0.15) is 51.7 Å². The minimum Gasteiger partial charge on any atom is -0.481 e. The highest BCUT2D eigenvalue weighted by Gasteiger charge is 2.04. The molecule has 0 fully saturated rings. The maximum atomic E-state index is 10.3. The SMILES string of the molecule is CCC(C)CC(C)C.Cc1cccc(C)c1OCC(=O)O. The molecule has 3 heteroatoms. The van der Waals surface area contributed by atoms with E-state index in [1.165, 1.54) is 12.8 Å². The second-order valence-electron chi connectivity index (χ2n) is 6.05. The molecule has 0 saturated carbocycles. The zero-order valence-corrected chi connectivity index (χ0v) is 14.3. The standard InChI is InChI=1S/C10H12O3.C8H18/c1-7-4-3-5-8(2)10(7)13-6-9(11)12;1-5-8(4)6-7(2)3/h3-5H,6H2,1-2H3,(H,11,12);7-8H,5-6H2,1-4H3. The number of para-hydroxylation sites is 1. The number of carboxylic acids is 1. The van der Waals surface area contributed by atoms with E-state index < -0.39 is 5.97 Å². The van der Waals surface area contributed by atoms with Gasteiger partial charge in [-0.15, -0.1) is 0 Å². The Labute approximate surface area is 129 Å². The molecule has 0 bridgehead atoms. The Bertz CT molecular complexity index is 404. The molecule has 120 valence electrons. The molecule has 0 aliphatic rings. The minimum atomic E-state index is -0.956. The highest BCUT2D eigenvalue weighted by Crippen LogP contribution is 2.21. The molecule has 1 N–H and O–H groups in total. The van der Waals surface area contributed by atoms with E-state index in [1.807, 2.05) is 32.0 Å². The van der Waals surface area contributed by atoms with Crippen LogP contribution in [0.4, 0.5) is 0 Å². The van der Waals surface area contributed by atoms with E-state index >= 15 is 0 Å². The van der Waals surface area contributed by atoms with Gasteiger partial charge in [-0.1, -0.05) is 52.3 Å². The van der Waals surface area contributed by atoms with Gasteiger partial charge >= 0.3 is 5.97 Å². The number of carboxylic acid groups (broad SMARTS) is 1. The maximum Gasteiger partial charge on any atom is 0.341 e. The van der Waals surface area contributed by atoms with E-state index in [1.54, 1.807) is 0 Å². The van der Waals surface area contributed by atoms with E-state index in [4.69, 9.17) is 9.84 Å². The lowest BCUT2D eigenvalue weighted by molar-refractivity contribution is -0.139. The lowest BCUT2D eigenvalue weighted by Crippen LogP contribution is -2.10. The predicted octanol–water partition coefficient (Wildman–Crippen LogP) is 4.85. The molecule has 1 unspecified atom stereocenters. The van der Waals surface area contributed by atoms with Crippen LogP contribution in [0.15, 0.2) is 18.2 Å². The number of carbonyl (C=O) groups is 1. The molecule has 3 nitrogen and oxygen atoms in total. The molecule has 0 heterocycles. The number of hydrogen-bond donors (Lipinski definition) is 1. The van der Waals surface area contributed by atoms with Gasteiger partial charge in [0.15, 0.2) is 6.61 Å². The molecular weight excluding hydrogens is 264 g/mol. The highest BCUT2D eigenvalue weighted by atomic mass is 16.5. The van der Waals surface area contributed by atoms with Crippen LogP contribution in [0.3, 0.4) is 0 Å². The summed E-state index contributed by atoms with van der Waals surface area (Å²) in [4.78, 5) is 10.3. The van der Waals surface area contributed by atoms with Gasteiger partial charge in [-0.05, 0) is 43.2 Å². The van der Waals surface area contributed by atoms with Crippen LogP contribution in [0, 0.1) is 25.7 Å². The van der Waals surface area contributed by atoms with Gasteiger partial charge in [0.2, 0.25) is 0 Å². The van der Waals surface area contributed by atoms with E-state index in [-0.39, 0.29) is 6.61 Å². The number of hydrogen-bond acceptors (Lipinski definition) is 2. The maximum absolute atomic E-state index is 10.3. The summed E-state index contributed by atoms with van der Waals surface area (Å²) in [7, 11) is 0. The molecule has 0 radical (unpaired) electrons. The van der Waals surface area contributed by atoms with Crippen molar-refractivity contribution in [1.29, 1.82) is 0 Å². The van der Waals surface area contributed by atoms with Crippen molar-refractivity contribution < 1.29 is 14.6 Å². The summed E-state index contributed by atoms with van der Waals surface area (Å²) in [6.45, 7) is 12.6. The fraction of sp³-hybridized carbons (Fsp3) is 0.611. The van der Waals surface area contributed by atoms with Crippen LogP contribution in [0.2, 0.25) is 0 Å². The van der Waals surface area contributed by atoms with Gasteiger partial charge in [-0.25, -0.2) is 4.79 Å². The molecule has 0 amide bonds. The first kappa shape index (κ1) is 19.5. The Morgan fingerprint density at radius 3 is 2.05 bits per heavy atom. The first-order chi connectivity index (χ1) is 9.77. The summed E-state index contributed by atoms with van der Waals surface area (Å²) >= 11 is 0. The van der Waals surface area contributed by atoms with Crippen molar-refractivity contribution in [2.45, 2.75) is 54.4 Å². The van der Waals surface area contributed by atoms with E-state index in [0.717, 1.165) is 23.0 Å². The third kappa shape index (κ3) is 9.11. The Balaban J connectivity index is 0.000000433. The Morgan fingerprint density at radius 1 is 1.19 bits per heavy atom. The lowest BCUT2D eigenvalue weighted by atomic mass is 9.97. The fourth-order valence-electron chi connectivity index (χ4n) is 2.13. The second-order valence-corrected chi connectivity index (χ2v) is 6.05. The monoisotopic (exact) mass is 294 g/mol. The summed E-state index contributed by atoms with van der Waals surface area (Å²) in [6.07, 6.45) is 2.72. The number of ether oxygens (including phenoxy) is 1. The van der Waals surface area contributed by atoms with Gasteiger partial charge in [0.05, 0.1) is 0 Å². The molecule has 1 atom stereocenters. The van der Waals surface area contributed by atoms with E-state index in [0.29, 0.717) is 5.75 Å². The molecule has 1 aromatic carbocycles. The van der Waals surface area contributed by atoms with Crippen molar-refractivity contribution in [3.05, 3.63) is 29.3 Å². The van der Waals surface area contributed by atoms with Gasteiger partial charge in [-0.2, -0.15) is 0 Å². The number of aliphatic carboxylic acids is 1. The summed E-state index contributed by atoms with van der Waals surface area (Å²) in [5.41, 5.74) is 1.92. The first-order valence-electron chi connectivity index (χ1n) is 7.68. The average Bonchev–Trinajstić information content (AvgIpc) is 2.37. The minimum absolute atomic E-state index is 0.286. The summed E-state index contributed by atoms with van der Waals surface area (Å²) in [5.74, 6) is 1.52. The van der Waals surface area contributed by atoms with E-state index in [9.17, 15) is 4.79 Å². The predicted molar refractivity (Wildman–Crippen MR) is 88.0 cm³/mol. The molecule has 1 aromatic rings. The molecule has 0 aliphatic heterocycles. The zero-order valence-electron chi connectivity index (χ0n) is 14.3.